The average Bonchev–Trinajstić information content (AvgIpc) is 3.40. The minimum absolute atomic E-state index is 0.00338. The zero-order valence-electron chi connectivity index (χ0n) is 24.8. The first-order valence-electron chi connectivity index (χ1n) is 14.3. The van der Waals surface area contributed by atoms with Gasteiger partial charge in [-0.25, -0.2) is 4.98 Å². The van der Waals surface area contributed by atoms with E-state index >= 15 is 0 Å². The number of rotatable bonds is 7. The number of aryl methyl sites for hydroxylation is 1. The van der Waals surface area contributed by atoms with Gasteiger partial charge in [-0.2, -0.15) is 23.3 Å². The highest BCUT2D eigenvalue weighted by molar-refractivity contribution is 6.34. The number of anilines is 1. The molecule has 46 heavy (non-hydrogen) atoms. The van der Waals surface area contributed by atoms with E-state index in [0.29, 0.717) is 40.5 Å². The van der Waals surface area contributed by atoms with E-state index in [-0.39, 0.29) is 40.0 Å². The van der Waals surface area contributed by atoms with Crippen molar-refractivity contribution in [1.29, 1.82) is 0 Å². The summed E-state index contributed by atoms with van der Waals surface area (Å²) in [7, 11) is 3.72. The normalized spacial score (nSPS) is 14.5. The van der Waals surface area contributed by atoms with Crippen LogP contribution >= 0.6 is 23.2 Å². The minimum Gasteiger partial charge on any atom is -0.438 e. The van der Waals surface area contributed by atoms with E-state index < -0.39 is 17.6 Å². The summed E-state index contributed by atoms with van der Waals surface area (Å²) < 4.78 is 50.0. The quantitative estimate of drug-likeness (QED) is 0.197. The Hall–Kier alpha value is -4.23. The summed E-state index contributed by atoms with van der Waals surface area (Å²) >= 11 is 12.4. The van der Waals surface area contributed by atoms with Gasteiger partial charge in [0.05, 0.1) is 16.1 Å². The molecule has 1 aliphatic heterocycles. The van der Waals surface area contributed by atoms with Crippen molar-refractivity contribution in [3.63, 3.8) is 0 Å². The van der Waals surface area contributed by atoms with Crippen molar-refractivity contribution in [3.8, 4) is 23.0 Å². The molecule has 9 nitrogen and oxygen atoms in total. The number of benzene rings is 3. The number of hydrogen-bond acceptors (Lipinski definition) is 7. The second-order valence-corrected chi connectivity index (χ2v) is 11.9. The molecule has 5 aromatic rings. The fourth-order valence-corrected chi connectivity index (χ4v) is 5.48. The number of halogens is 5. The van der Waals surface area contributed by atoms with Crippen molar-refractivity contribution >= 4 is 45.8 Å². The maximum absolute atomic E-state index is 14.1. The number of aromatic nitrogens is 4. The Morgan fingerprint density at radius 3 is 2.41 bits per heavy atom. The van der Waals surface area contributed by atoms with Crippen LogP contribution in [0.15, 0.2) is 66.9 Å². The highest BCUT2D eigenvalue weighted by Crippen LogP contribution is 2.36. The summed E-state index contributed by atoms with van der Waals surface area (Å²) in [4.78, 5) is 26.6. The van der Waals surface area contributed by atoms with Crippen LogP contribution in [0.2, 0.25) is 10.0 Å². The number of amides is 1. The fourth-order valence-electron chi connectivity index (χ4n) is 5.15. The van der Waals surface area contributed by atoms with Crippen molar-refractivity contribution in [2.45, 2.75) is 12.7 Å². The third-order valence-electron chi connectivity index (χ3n) is 7.62. The molecule has 0 unspecified atom stereocenters. The van der Waals surface area contributed by atoms with Gasteiger partial charge in [0.15, 0.2) is 11.5 Å². The van der Waals surface area contributed by atoms with Crippen LogP contribution in [-0.2, 0) is 19.8 Å². The van der Waals surface area contributed by atoms with E-state index in [4.69, 9.17) is 27.9 Å². The van der Waals surface area contributed by atoms with Crippen LogP contribution < -0.4 is 10.1 Å². The summed E-state index contributed by atoms with van der Waals surface area (Å²) in [5.74, 6) is 0.0502. The predicted molar refractivity (Wildman–Crippen MR) is 170 cm³/mol. The smallest absolute Gasteiger partial charge is 0.416 e. The van der Waals surface area contributed by atoms with Gasteiger partial charge in [-0.15, -0.1) is 0 Å². The molecule has 3 aromatic carbocycles. The van der Waals surface area contributed by atoms with Gasteiger partial charge in [0.25, 0.3) is 5.91 Å². The molecule has 1 saturated heterocycles. The lowest BCUT2D eigenvalue weighted by molar-refractivity contribution is -0.138. The first kappa shape index (κ1) is 31.7. The van der Waals surface area contributed by atoms with Gasteiger partial charge < -0.3 is 15.0 Å². The molecule has 2 aromatic heterocycles. The molecule has 1 fully saturated rings. The highest BCUT2D eigenvalue weighted by Gasteiger charge is 2.34. The third-order valence-corrected chi connectivity index (χ3v) is 8.20. The molecule has 0 bridgehead atoms. The van der Waals surface area contributed by atoms with E-state index in [9.17, 15) is 18.0 Å². The Balaban J connectivity index is 1.25. The first-order chi connectivity index (χ1) is 21.9. The number of alkyl halides is 3. The van der Waals surface area contributed by atoms with Crippen LogP contribution in [0.1, 0.15) is 21.5 Å². The largest absolute Gasteiger partial charge is 0.438 e. The number of carbonyl (C=O) groups is 1. The van der Waals surface area contributed by atoms with Crippen molar-refractivity contribution < 1.29 is 22.7 Å². The van der Waals surface area contributed by atoms with E-state index in [2.05, 4.69) is 25.3 Å². The van der Waals surface area contributed by atoms with Crippen LogP contribution in [0.5, 0.6) is 11.6 Å². The standard InChI is InChI=1S/C32H28Cl2F3N7O2/c1-42-11-13-44(14-12-42)17-20-5-8-22(15-26(20)32(35,36)37)38-30(45)24-16-23(9-10-27(24)34)46-31-25-18-43(2)41-29(25)39-28(40-31)19-3-6-21(33)7-4-19/h3-10,15-16,18H,11-14,17H2,1-2H3,(H,38,45). The van der Waals surface area contributed by atoms with Gasteiger partial charge in [0.1, 0.15) is 11.1 Å². The summed E-state index contributed by atoms with van der Waals surface area (Å²) in [6, 6.07) is 15.2. The summed E-state index contributed by atoms with van der Waals surface area (Å²) in [6.45, 7) is 3.08. The van der Waals surface area contributed by atoms with Crippen LogP contribution in [0.25, 0.3) is 22.4 Å². The second kappa shape index (κ2) is 12.9. The Kier molecular flexibility index (Phi) is 8.88. The predicted octanol–water partition coefficient (Wildman–Crippen LogP) is 7.15. The molecule has 6 rings (SSSR count). The van der Waals surface area contributed by atoms with E-state index in [1.54, 1.807) is 48.3 Å². The topological polar surface area (TPSA) is 88.4 Å². The number of nitrogens with zero attached hydrogens (tertiary/aromatic N) is 6. The van der Waals surface area contributed by atoms with E-state index in [1.165, 1.54) is 24.3 Å². The molecule has 0 spiro atoms. The molecule has 0 saturated carbocycles. The van der Waals surface area contributed by atoms with Gasteiger partial charge in [-0.05, 0) is 67.2 Å². The average molecular weight is 671 g/mol. The molecule has 238 valence electrons. The molecule has 0 radical (unpaired) electrons. The molecule has 1 N–H and O–H groups in total. The van der Waals surface area contributed by atoms with Crippen LogP contribution in [0, 0.1) is 0 Å². The van der Waals surface area contributed by atoms with Crippen LogP contribution in [0.4, 0.5) is 18.9 Å². The molecule has 1 aliphatic rings. The SMILES string of the molecule is CN1CCN(Cc2ccc(NC(=O)c3cc(Oc4nc(-c5ccc(Cl)cc5)nc5nn(C)cc45)ccc3Cl)cc2C(F)(F)F)CC1. The maximum Gasteiger partial charge on any atom is 0.416 e. The highest BCUT2D eigenvalue weighted by atomic mass is 35.5. The van der Waals surface area contributed by atoms with Crippen molar-refractivity contribution in [1.82, 2.24) is 29.5 Å². The molecule has 14 heteroatoms. The number of fused-ring (bicyclic) bond motifs is 1. The Bertz CT molecular complexity index is 1910. The fraction of sp³-hybridized carbons (Fsp3) is 0.250. The van der Waals surface area contributed by atoms with Gasteiger partial charge in [0, 0.05) is 62.2 Å². The lowest BCUT2D eigenvalue weighted by atomic mass is 10.0. The monoisotopic (exact) mass is 669 g/mol. The molecular formula is C32H28Cl2F3N7O2. The second-order valence-electron chi connectivity index (χ2n) is 11.0. The summed E-state index contributed by atoms with van der Waals surface area (Å²) in [5.41, 5.74) is 0.416. The zero-order chi connectivity index (χ0) is 32.6. The van der Waals surface area contributed by atoms with E-state index in [1.807, 2.05) is 11.9 Å². The number of ether oxygens (including phenoxy) is 1. The van der Waals surface area contributed by atoms with Gasteiger partial charge >= 0.3 is 6.18 Å². The van der Waals surface area contributed by atoms with Crippen molar-refractivity contribution in [2.75, 3.05) is 38.5 Å². The number of likely N-dealkylation sites (N-methyl/N-ethyl adjacent to an activating group) is 1. The minimum atomic E-state index is -4.60. The Morgan fingerprint density at radius 1 is 0.957 bits per heavy atom. The van der Waals surface area contributed by atoms with Crippen LogP contribution in [-0.4, -0.2) is 68.7 Å². The van der Waals surface area contributed by atoms with Crippen molar-refractivity contribution in [2.24, 2.45) is 7.05 Å². The number of hydrogen-bond donors (Lipinski definition) is 1. The number of carbonyl (C=O) groups excluding carboxylic acids is 1. The Labute approximate surface area is 272 Å². The molecule has 3 heterocycles. The van der Waals surface area contributed by atoms with Gasteiger partial charge in [-0.1, -0.05) is 29.3 Å². The molecular weight excluding hydrogens is 642 g/mol. The van der Waals surface area contributed by atoms with Crippen LogP contribution in [0.3, 0.4) is 0 Å². The number of nitrogens with one attached hydrogen (secondary N) is 1. The molecule has 0 aliphatic carbocycles. The number of piperazine rings is 1. The molecule has 0 atom stereocenters. The summed E-state index contributed by atoms with van der Waals surface area (Å²) in [6.07, 6.45) is -2.90. The first-order valence-corrected chi connectivity index (χ1v) is 15.1. The zero-order valence-corrected chi connectivity index (χ0v) is 26.3. The third kappa shape index (κ3) is 7.10. The van der Waals surface area contributed by atoms with E-state index in [0.717, 1.165) is 19.2 Å². The lowest BCUT2D eigenvalue weighted by Crippen LogP contribution is -2.44. The Morgan fingerprint density at radius 2 is 1.70 bits per heavy atom. The molecule has 1 amide bonds. The lowest BCUT2D eigenvalue weighted by Gasteiger charge is -2.33. The van der Waals surface area contributed by atoms with Gasteiger partial charge in [0.2, 0.25) is 5.88 Å². The summed E-state index contributed by atoms with van der Waals surface area (Å²) in [5, 5.41) is 8.11. The maximum atomic E-state index is 14.1. The van der Waals surface area contributed by atoms with Gasteiger partial charge in [-0.3, -0.25) is 14.4 Å². The van der Waals surface area contributed by atoms with Crippen molar-refractivity contribution in [3.05, 3.63) is 93.6 Å².